The van der Waals surface area contributed by atoms with E-state index >= 15 is 0 Å². The first kappa shape index (κ1) is 15.3. The smallest absolute Gasteiger partial charge is 0.237 e. The second-order valence-corrected chi connectivity index (χ2v) is 6.93. The van der Waals surface area contributed by atoms with Crippen LogP contribution in [0.5, 0.6) is 0 Å². The van der Waals surface area contributed by atoms with Gasteiger partial charge in [-0.2, -0.15) is 0 Å². The fourth-order valence-electron chi connectivity index (χ4n) is 4.01. The maximum absolute atomic E-state index is 12.6. The van der Waals surface area contributed by atoms with Gasteiger partial charge in [0.25, 0.3) is 0 Å². The van der Waals surface area contributed by atoms with Crippen molar-refractivity contribution in [2.75, 3.05) is 26.3 Å². The maximum atomic E-state index is 12.6. The zero-order chi connectivity index (χ0) is 14.7. The van der Waals surface area contributed by atoms with Crippen molar-refractivity contribution < 1.29 is 14.6 Å². The van der Waals surface area contributed by atoms with Gasteiger partial charge < -0.3 is 15.2 Å². The number of nitrogens with zero attached hydrogens (tertiary/aromatic N) is 1. The highest BCUT2D eigenvalue weighted by molar-refractivity contribution is 5.82. The highest BCUT2D eigenvalue weighted by Gasteiger charge is 2.37. The second-order valence-electron chi connectivity index (χ2n) is 6.93. The summed E-state index contributed by atoms with van der Waals surface area (Å²) >= 11 is 0. The Labute approximate surface area is 127 Å². The van der Waals surface area contributed by atoms with E-state index in [9.17, 15) is 9.90 Å². The van der Waals surface area contributed by atoms with E-state index < -0.39 is 5.60 Å². The Bertz CT molecular complexity index is 363. The molecule has 2 N–H and O–H groups in total. The van der Waals surface area contributed by atoms with Gasteiger partial charge in [0.15, 0.2) is 0 Å². The van der Waals surface area contributed by atoms with Crippen molar-refractivity contribution in [3.05, 3.63) is 0 Å². The molecule has 5 heteroatoms. The molecule has 0 aromatic heterocycles. The fourth-order valence-corrected chi connectivity index (χ4v) is 4.01. The van der Waals surface area contributed by atoms with E-state index in [1.807, 2.05) is 0 Å². The zero-order valence-electron chi connectivity index (χ0n) is 12.9. The van der Waals surface area contributed by atoms with Crippen molar-refractivity contribution in [1.82, 2.24) is 10.2 Å². The number of piperidine rings is 1. The third-order valence-electron chi connectivity index (χ3n) is 5.31. The molecule has 0 aromatic rings. The predicted molar refractivity (Wildman–Crippen MR) is 80.0 cm³/mol. The molecule has 2 atom stereocenters. The fraction of sp³-hybridized carbons (Fsp3) is 0.938. The zero-order valence-corrected chi connectivity index (χ0v) is 12.9. The molecule has 120 valence electrons. The normalized spacial score (nSPS) is 35.2. The largest absolute Gasteiger partial charge is 0.386 e. The minimum absolute atomic E-state index is 0.00720. The van der Waals surface area contributed by atoms with Crippen LogP contribution in [-0.2, 0) is 9.53 Å². The number of hydrogen-bond donors (Lipinski definition) is 2. The molecule has 5 nitrogen and oxygen atoms in total. The molecule has 3 rings (SSSR count). The maximum Gasteiger partial charge on any atom is 0.237 e. The van der Waals surface area contributed by atoms with Gasteiger partial charge in [-0.1, -0.05) is 19.3 Å². The summed E-state index contributed by atoms with van der Waals surface area (Å²) in [5.74, 6) is 0.0990. The van der Waals surface area contributed by atoms with Crippen molar-refractivity contribution in [2.45, 2.75) is 69.1 Å². The van der Waals surface area contributed by atoms with E-state index in [4.69, 9.17) is 4.74 Å². The predicted octanol–water partition coefficient (Wildman–Crippen LogP) is 1.05. The Morgan fingerprint density at radius 1 is 1.24 bits per heavy atom. The number of rotatable bonds is 4. The molecule has 21 heavy (non-hydrogen) atoms. The number of likely N-dealkylation sites (tertiary alicyclic amines) is 1. The molecule has 1 saturated carbocycles. The lowest BCUT2D eigenvalue weighted by Crippen LogP contribution is -2.55. The van der Waals surface area contributed by atoms with Crippen LogP contribution in [0.25, 0.3) is 0 Å². The molecule has 3 fully saturated rings. The third-order valence-corrected chi connectivity index (χ3v) is 5.31. The molecule has 0 bridgehead atoms. The first-order valence-corrected chi connectivity index (χ1v) is 8.52. The van der Waals surface area contributed by atoms with E-state index in [0.717, 1.165) is 19.4 Å². The average Bonchev–Trinajstić information content (AvgIpc) is 3.17. The molecule has 2 aliphatic heterocycles. The molecule has 1 aliphatic carbocycles. The van der Waals surface area contributed by atoms with Crippen molar-refractivity contribution in [3.63, 3.8) is 0 Å². The van der Waals surface area contributed by atoms with Gasteiger partial charge in [0, 0.05) is 25.6 Å². The van der Waals surface area contributed by atoms with Crippen LogP contribution < -0.4 is 5.32 Å². The summed E-state index contributed by atoms with van der Waals surface area (Å²) in [7, 11) is 0. The Kier molecular flexibility index (Phi) is 4.82. The average molecular weight is 296 g/mol. The van der Waals surface area contributed by atoms with Crippen LogP contribution in [0.1, 0.15) is 51.4 Å². The second kappa shape index (κ2) is 6.63. The van der Waals surface area contributed by atoms with Gasteiger partial charge in [-0.05, 0) is 32.2 Å². The molecule has 0 radical (unpaired) electrons. The third kappa shape index (κ3) is 3.58. The van der Waals surface area contributed by atoms with Crippen LogP contribution in [0.3, 0.4) is 0 Å². The number of carbonyl (C=O) groups excluding carboxylic acids is 1. The molecule has 1 amide bonds. The first-order valence-electron chi connectivity index (χ1n) is 8.52. The molecule has 2 heterocycles. The van der Waals surface area contributed by atoms with Crippen LogP contribution in [0.4, 0.5) is 0 Å². The molecule has 0 spiro atoms. The van der Waals surface area contributed by atoms with Crippen LogP contribution >= 0.6 is 0 Å². The lowest BCUT2D eigenvalue weighted by Gasteiger charge is -2.39. The van der Waals surface area contributed by atoms with E-state index in [1.165, 1.54) is 32.1 Å². The number of hydrogen-bond acceptors (Lipinski definition) is 4. The molecule has 0 unspecified atom stereocenters. The van der Waals surface area contributed by atoms with Gasteiger partial charge in [0.2, 0.25) is 5.91 Å². The van der Waals surface area contributed by atoms with Gasteiger partial charge in [-0.3, -0.25) is 9.69 Å². The monoisotopic (exact) mass is 296 g/mol. The molecular weight excluding hydrogens is 268 g/mol. The van der Waals surface area contributed by atoms with Crippen molar-refractivity contribution in [2.24, 2.45) is 0 Å². The minimum Gasteiger partial charge on any atom is -0.386 e. The lowest BCUT2D eigenvalue weighted by molar-refractivity contribution is -0.130. The van der Waals surface area contributed by atoms with Crippen LogP contribution in [-0.4, -0.2) is 59.9 Å². The number of amides is 1. The van der Waals surface area contributed by atoms with Gasteiger partial charge in [0.1, 0.15) is 5.60 Å². The minimum atomic E-state index is -0.859. The highest BCUT2D eigenvalue weighted by atomic mass is 16.5. The lowest BCUT2D eigenvalue weighted by atomic mass is 9.97. The number of ether oxygens (including phenoxy) is 1. The summed E-state index contributed by atoms with van der Waals surface area (Å²) in [6.45, 7) is 2.30. The van der Waals surface area contributed by atoms with E-state index in [1.54, 1.807) is 0 Å². The van der Waals surface area contributed by atoms with Crippen molar-refractivity contribution >= 4 is 5.91 Å². The molecule has 2 saturated heterocycles. The van der Waals surface area contributed by atoms with Gasteiger partial charge in [-0.15, -0.1) is 0 Å². The van der Waals surface area contributed by atoms with E-state index in [-0.39, 0.29) is 11.9 Å². The molecule has 0 aromatic carbocycles. The van der Waals surface area contributed by atoms with Gasteiger partial charge in [-0.25, -0.2) is 0 Å². The molecule has 3 aliphatic rings. The van der Waals surface area contributed by atoms with Crippen LogP contribution in [0, 0.1) is 0 Å². The summed E-state index contributed by atoms with van der Waals surface area (Å²) in [6.07, 6.45) is 8.98. The van der Waals surface area contributed by atoms with Gasteiger partial charge >= 0.3 is 0 Å². The number of nitrogens with one attached hydrogen (secondary N) is 1. The Hall–Kier alpha value is -0.650. The van der Waals surface area contributed by atoms with Gasteiger partial charge in [0.05, 0.1) is 12.6 Å². The summed E-state index contributed by atoms with van der Waals surface area (Å²) in [5.41, 5.74) is -0.859. The quantitative estimate of drug-likeness (QED) is 0.814. The SMILES string of the molecule is O=C(NC[C@@]1(O)CCOC1)[C@H]1CCCCN1C1CCCC1. The number of carbonyl (C=O) groups is 1. The first-order chi connectivity index (χ1) is 10.2. The Balaban J connectivity index is 1.56. The van der Waals surface area contributed by atoms with Crippen molar-refractivity contribution in [3.8, 4) is 0 Å². The summed E-state index contributed by atoms with van der Waals surface area (Å²) < 4.78 is 5.23. The van der Waals surface area contributed by atoms with E-state index in [0.29, 0.717) is 32.2 Å². The molecular formula is C16H28N2O3. The summed E-state index contributed by atoms with van der Waals surface area (Å²) in [5, 5.41) is 13.2. The van der Waals surface area contributed by atoms with Crippen LogP contribution in [0.15, 0.2) is 0 Å². The van der Waals surface area contributed by atoms with Crippen molar-refractivity contribution in [1.29, 1.82) is 0 Å². The highest BCUT2D eigenvalue weighted by Crippen LogP contribution is 2.29. The van der Waals surface area contributed by atoms with Crippen LogP contribution in [0.2, 0.25) is 0 Å². The summed E-state index contributed by atoms with van der Waals surface area (Å²) in [4.78, 5) is 15.0. The topological polar surface area (TPSA) is 61.8 Å². The standard InChI is InChI=1S/C16H28N2O3/c19-15(17-11-16(20)8-10-21-12-16)14-7-3-4-9-18(14)13-5-1-2-6-13/h13-14,20H,1-12H2,(H,17,19)/t14-,16+/m1/s1. The summed E-state index contributed by atoms with van der Waals surface area (Å²) in [6, 6.07) is 0.603. The van der Waals surface area contributed by atoms with E-state index in [2.05, 4.69) is 10.2 Å². The Morgan fingerprint density at radius 3 is 2.71 bits per heavy atom. The Morgan fingerprint density at radius 2 is 2.00 bits per heavy atom. The number of aliphatic hydroxyl groups is 1.